The van der Waals surface area contributed by atoms with Crippen LogP contribution >= 0.6 is 35.6 Å². The molecule has 0 amide bonds. The fraction of sp³-hybridized carbons (Fsp3) is 0.500. The van der Waals surface area contributed by atoms with Gasteiger partial charge in [-0.1, -0.05) is 30.7 Å². The van der Waals surface area contributed by atoms with E-state index in [1.807, 2.05) is 31.2 Å². The van der Waals surface area contributed by atoms with Crippen LogP contribution in [-0.4, -0.2) is 38.7 Å². The Kier molecular flexibility index (Phi) is 11.9. The Morgan fingerprint density at radius 1 is 1.30 bits per heavy atom. The van der Waals surface area contributed by atoms with Gasteiger partial charge in [0.15, 0.2) is 5.96 Å². The number of carbonyl (C=O) groups is 1. The SMILES string of the molecule is CCNC(=NCC(C)C(=O)OC)NCCc1ccc(Cl)cc1.I. The predicted molar refractivity (Wildman–Crippen MR) is 106 cm³/mol. The van der Waals surface area contributed by atoms with E-state index in [9.17, 15) is 4.79 Å². The van der Waals surface area contributed by atoms with Gasteiger partial charge < -0.3 is 15.4 Å². The van der Waals surface area contributed by atoms with Crippen LogP contribution in [0.5, 0.6) is 0 Å². The van der Waals surface area contributed by atoms with E-state index >= 15 is 0 Å². The summed E-state index contributed by atoms with van der Waals surface area (Å²) in [6.07, 6.45) is 0.869. The highest BCUT2D eigenvalue weighted by Gasteiger charge is 2.12. The van der Waals surface area contributed by atoms with Crippen molar-refractivity contribution in [2.45, 2.75) is 20.3 Å². The highest BCUT2D eigenvalue weighted by Crippen LogP contribution is 2.09. The molecule has 0 aromatic heterocycles. The molecule has 0 spiro atoms. The topological polar surface area (TPSA) is 62.7 Å². The van der Waals surface area contributed by atoms with Gasteiger partial charge in [0, 0.05) is 18.1 Å². The maximum Gasteiger partial charge on any atom is 0.310 e. The number of methoxy groups -OCH3 is 1. The first-order valence-electron chi connectivity index (χ1n) is 7.41. The van der Waals surface area contributed by atoms with Crippen LogP contribution in [0, 0.1) is 5.92 Å². The summed E-state index contributed by atoms with van der Waals surface area (Å²) in [5.41, 5.74) is 1.20. The fourth-order valence-electron chi connectivity index (χ4n) is 1.82. The normalized spacial score (nSPS) is 12.1. The molecule has 0 saturated heterocycles. The number of carbonyl (C=O) groups excluding carboxylic acids is 1. The molecule has 23 heavy (non-hydrogen) atoms. The minimum atomic E-state index is -0.253. The van der Waals surface area contributed by atoms with Crippen LogP contribution in [-0.2, 0) is 16.0 Å². The summed E-state index contributed by atoms with van der Waals surface area (Å²) in [7, 11) is 1.39. The van der Waals surface area contributed by atoms with Gasteiger partial charge in [-0.25, -0.2) is 0 Å². The van der Waals surface area contributed by atoms with Gasteiger partial charge in [-0.2, -0.15) is 0 Å². The van der Waals surface area contributed by atoms with Crippen molar-refractivity contribution >= 4 is 47.5 Å². The molecule has 0 radical (unpaired) electrons. The molecule has 7 heteroatoms. The molecule has 1 aromatic carbocycles. The number of benzene rings is 1. The summed E-state index contributed by atoms with van der Waals surface area (Å²) in [6, 6.07) is 7.78. The number of esters is 1. The van der Waals surface area contributed by atoms with Gasteiger partial charge in [-0.15, -0.1) is 24.0 Å². The smallest absolute Gasteiger partial charge is 0.310 e. The lowest BCUT2D eigenvalue weighted by molar-refractivity contribution is -0.144. The first kappa shape index (κ1) is 22.0. The zero-order valence-electron chi connectivity index (χ0n) is 13.8. The van der Waals surface area contributed by atoms with E-state index in [0.29, 0.717) is 12.5 Å². The molecule has 0 heterocycles. The summed E-state index contributed by atoms with van der Waals surface area (Å²) < 4.78 is 4.69. The molecule has 0 aliphatic heterocycles. The second kappa shape index (κ2) is 12.4. The van der Waals surface area contributed by atoms with Crippen molar-refractivity contribution in [1.82, 2.24) is 10.6 Å². The molecule has 1 rings (SSSR count). The number of nitrogens with one attached hydrogen (secondary N) is 2. The van der Waals surface area contributed by atoms with E-state index in [4.69, 9.17) is 16.3 Å². The number of guanidine groups is 1. The van der Waals surface area contributed by atoms with Crippen LogP contribution in [0.3, 0.4) is 0 Å². The number of rotatable bonds is 7. The van der Waals surface area contributed by atoms with Crippen LogP contribution in [0.2, 0.25) is 5.02 Å². The Hall–Kier alpha value is -1.02. The zero-order chi connectivity index (χ0) is 16.4. The van der Waals surface area contributed by atoms with Crippen molar-refractivity contribution in [1.29, 1.82) is 0 Å². The van der Waals surface area contributed by atoms with E-state index in [2.05, 4.69) is 15.6 Å². The molecule has 130 valence electrons. The number of hydrogen-bond donors (Lipinski definition) is 2. The summed E-state index contributed by atoms with van der Waals surface area (Å²) in [5.74, 6) is 0.199. The summed E-state index contributed by atoms with van der Waals surface area (Å²) >= 11 is 5.86. The molecule has 1 aromatic rings. The van der Waals surface area contributed by atoms with Crippen LogP contribution in [0.4, 0.5) is 0 Å². The third kappa shape index (κ3) is 9.00. The van der Waals surface area contributed by atoms with E-state index in [0.717, 1.165) is 24.5 Å². The highest BCUT2D eigenvalue weighted by molar-refractivity contribution is 14.0. The molecule has 0 bridgehead atoms. The van der Waals surface area contributed by atoms with Crippen molar-refractivity contribution in [3.63, 3.8) is 0 Å². The largest absolute Gasteiger partial charge is 0.469 e. The first-order valence-corrected chi connectivity index (χ1v) is 7.79. The monoisotopic (exact) mass is 453 g/mol. The van der Waals surface area contributed by atoms with Crippen molar-refractivity contribution in [2.75, 3.05) is 26.7 Å². The van der Waals surface area contributed by atoms with Crippen molar-refractivity contribution in [3.8, 4) is 0 Å². The molecule has 0 aliphatic rings. The van der Waals surface area contributed by atoms with Crippen LogP contribution < -0.4 is 10.6 Å². The molecular weight excluding hydrogens is 429 g/mol. The Balaban J connectivity index is 0.00000484. The standard InChI is InChI=1S/C16H24ClN3O2.HI/c1-4-18-16(20-11-12(2)15(21)22-3)19-10-9-13-5-7-14(17)8-6-13;/h5-8,12H,4,9-11H2,1-3H3,(H2,18,19,20);1H. The average Bonchev–Trinajstić information content (AvgIpc) is 2.53. The Bertz CT molecular complexity index is 495. The lowest BCUT2D eigenvalue weighted by Gasteiger charge is -2.12. The number of halogens is 2. The average molecular weight is 454 g/mol. The second-order valence-electron chi connectivity index (χ2n) is 4.95. The van der Waals surface area contributed by atoms with Gasteiger partial charge in [-0.3, -0.25) is 9.79 Å². The van der Waals surface area contributed by atoms with E-state index in [1.54, 1.807) is 6.92 Å². The van der Waals surface area contributed by atoms with Crippen molar-refractivity contribution in [3.05, 3.63) is 34.9 Å². The third-order valence-corrected chi connectivity index (χ3v) is 3.34. The Labute approximate surface area is 160 Å². The van der Waals surface area contributed by atoms with E-state index < -0.39 is 0 Å². The van der Waals surface area contributed by atoms with E-state index in [-0.39, 0.29) is 35.9 Å². The van der Waals surface area contributed by atoms with Gasteiger partial charge >= 0.3 is 5.97 Å². The van der Waals surface area contributed by atoms with Gasteiger partial charge in [0.1, 0.15) is 0 Å². The van der Waals surface area contributed by atoms with Crippen molar-refractivity contribution < 1.29 is 9.53 Å². The summed E-state index contributed by atoms with van der Waals surface area (Å²) in [6.45, 7) is 5.70. The molecule has 0 fully saturated rings. The summed E-state index contributed by atoms with van der Waals surface area (Å²) in [4.78, 5) is 15.8. The molecular formula is C16H25ClIN3O2. The lowest BCUT2D eigenvalue weighted by Crippen LogP contribution is -2.38. The van der Waals surface area contributed by atoms with Crippen LogP contribution in [0.25, 0.3) is 0 Å². The minimum absolute atomic E-state index is 0. The van der Waals surface area contributed by atoms with E-state index in [1.165, 1.54) is 12.7 Å². The minimum Gasteiger partial charge on any atom is -0.469 e. The van der Waals surface area contributed by atoms with Gasteiger partial charge in [-0.05, 0) is 31.0 Å². The van der Waals surface area contributed by atoms with Gasteiger partial charge in [0.05, 0.1) is 19.6 Å². The summed E-state index contributed by atoms with van der Waals surface area (Å²) in [5, 5.41) is 7.15. The predicted octanol–water partition coefficient (Wildman–Crippen LogP) is 2.86. The molecule has 1 unspecified atom stereocenters. The van der Waals surface area contributed by atoms with Gasteiger partial charge in [0.25, 0.3) is 0 Å². The molecule has 0 aliphatic carbocycles. The number of hydrogen-bond acceptors (Lipinski definition) is 3. The fourth-order valence-corrected chi connectivity index (χ4v) is 1.95. The quantitative estimate of drug-likeness (QED) is 0.288. The van der Waals surface area contributed by atoms with Gasteiger partial charge in [0.2, 0.25) is 0 Å². The second-order valence-corrected chi connectivity index (χ2v) is 5.38. The zero-order valence-corrected chi connectivity index (χ0v) is 16.9. The molecule has 2 N–H and O–H groups in total. The molecule has 1 atom stereocenters. The van der Waals surface area contributed by atoms with Crippen LogP contribution in [0.1, 0.15) is 19.4 Å². The molecule has 5 nitrogen and oxygen atoms in total. The number of nitrogens with zero attached hydrogens (tertiary/aromatic N) is 1. The van der Waals surface area contributed by atoms with Crippen molar-refractivity contribution in [2.24, 2.45) is 10.9 Å². The number of ether oxygens (including phenoxy) is 1. The third-order valence-electron chi connectivity index (χ3n) is 3.09. The lowest BCUT2D eigenvalue weighted by atomic mass is 10.1. The highest BCUT2D eigenvalue weighted by atomic mass is 127. The maximum absolute atomic E-state index is 11.4. The molecule has 0 saturated carbocycles. The maximum atomic E-state index is 11.4. The Morgan fingerprint density at radius 3 is 2.52 bits per heavy atom. The first-order chi connectivity index (χ1) is 10.6. The van der Waals surface area contributed by atoms with Crippen LogP contribution in [0.15, 0.2) is 29.3 Å². The Morgan fingerprint density at radius 2 is 1.96 bits per heavy atom. The number of aliphatic imine (C=N–C) groups is 1.